The molecule has 0 aliphatic carbocycles. The lowest BCUT2D eigenvalue weighted by molar-refractivity contribution is 0.0777. The summed E-state index contributed by atoms with van der Waals surface area (Å²) in [7, 11) is 1.77. The van der Waals surface area contributed by atoms with Gasteiger partial charge in [0.1, 0.15) is 5.76 Å². The Labute approximate surface area is 129 Å². The van der Waals surface area contributed by atoms with Crippen LogP contribution in [0.15, 0.2) is 53.0 Å². The third-order valence-electron chi connectivity index (χ3n) is 2.99. The van der Waals surface area contributed by atoms with Crippen LogP contribution in [0.1, 0.15) is 21.9 Å². The van der Waals surface area contributed by atoms with E-state index in [0.717, 1.165) is 17.1 Å². The van der Waals surface area contributed by atoms with E-state index in [1.807, 2.05) is 54.8 Å². The molecule has 0 saturated carbocycles. The van der Waals surface area contributed by atoms with Crippen LogP contribution in [0.3, 0.4) is 0 Å². The van der Waals surface area contributed by atoms with Gasteiger partial charge in [-0.2, -0.15) is 11.8 Å². The molecule has 21 heavy (non-hydrogen) atoms. The van der Waals surface area contributed by atoms with E-state index in [9.17, 15) is 4.79 Å². The SMILES string of the molecule is CSCc1ccc(C(=O)N(C)C/C=C/c2ccccc2)o1. The number of amides is 1. The molecule has 2 rings (SSSR count). The topological polar surface area (TPSA) is 33.5 Å². The number of thioether (sulfide) groups is 1. The Morgan fingerprint density at radius 1 is 1.24 bits per heavy atom. The highest BCUT2D eigenvalue weighted by Gasteiger charge is 2.14. The molecule has 3 nitrogen and oxygen atoms in total. The van der Waals surface area contributed by atoms with Crippen LogP contribution in [0.2, 0.25) is 0 Å². The number of rotatable bonds is 6. The maximum Gasteiger partial charge on any atom is 0.289 e. The molecule has 0 saturated heterocycles. The second-order valence-electron chi connectivity index (χ2n) is 4.70. The molecule has 2 aromatic rings. The summed E-state index contributed by atoms with van der Waals surface area (Å²) >= 11 is 1.67. The number of benzene rings is 1. The Hall–Kier alpha value is -1.94. The minimum atomic E-state index is -0.0972. The largest absolute Gasteiger partial charge is 0.455 e. The lowest BCUT2D eigenvalue weighted by Gasteiger charge is -2.12. The zero-order valence-electron chi connectivity index (χ0n) is 12.3. The molecule has 0 aliphatic heterocycles. The van der Waals surface area contributed by atoms with Crippen molar-refractivity contribution in [3.05, 3.63) is 65.6 Å². The minimum Gasteiger partial charge on any atom is -0.455 e. The summed E-state index contributed by atoms with van der Waals surface area (Å²) in [6.45, 7) is 0.548. The molecule has 1 amide bonds. The van der Waals surface area contributed by atoms with E-state index in [4.69, 9.17) is 4.42 Å². The Kier molecular flexibility index (Phi) is 5.69. The maximum absolute atomic E-state index is 12.2. The monoisotopic (exact) mass is 301 g/mol. The molecule has 0 fully saturated rings. The molecule has 0 unspecified atom stereocenters. The van der Waals surface area contributed by atoms with Gasteiger partial charge in [0.25, 0.3) is 5.91 Å². The smallest absolute Gasteiger partial charge is 0.289 e. The number of likely N-dealkylation sites (N-methyl/N-ethyl adjacent to an activating group) is 1. The van der Waals surface area contributed by atoms with Crippen molar-refractivity contribution in [1.29, 1.82) is 0 Å². The van der Waals surface area contributed by atoms with Crippen molar-refractivity contribution >= 4 is 23.7 Å². The van der Waals surface area contributed by atoms with E-state index < -0.39 is 0 Å². The Morgan fingerprint density at radius 3 is 2.71 bits per heavy atom. The fourth-order valence-corrected chi connectivity index (χ4v) is 2.33. The van der Waals surface area contributed by atoms with Crippen LogP contribution in [0.25, 0.3) is 6.08 Å². The lowest BCUT2D eigenvalue weighted by atomic mass is 10.2. The van der Waals surface area contributed by atoms with Crippen LogP contribution >= 0.6 is 11.8 Å². The van der Waals surface area contributed by atoms with E-state index in [0.29, 0.717) is 12.3 Å². The van der Waals surface area contributed by atoms with Crippen molar-refractivity contribution in [1.82, 2.24) is 4.90 Å². The second kappa shape index (κ2) is 7.74. The zero-order chi connectivity index (χ0) is 15.1. The molecule has 1 heterocycles. The molecule has 0 atom stereocenters. The van der Waals surface area contributed by atoms with Crippen molar-refractivity contribution in [2.75, 3.05) is 19.8 Å². The van der Waals surface area contributed by atoms with E-state index in [2.05, 4.69) is 0 Å². The van der Waals surface area contributed by atoms with E-state index in [1.165, 1.54) is 0 Å². The highest BCUT2D eigenvalue weighted by atomic mass is 32.2. The van der Waals surface area contributed by atoms with Crippen molar-refractivity contribution in [3.63, 3.8) is 0 Å². The summed E-state index contributed by atoms with van der Waals surface area (Å²) in [4.78, 5) is 13.8. The summed E-state index contributed by atoms with van der Waals surface area (Å²) in [6, 6.07) is 13.6. The molecule has 0 radical (unpaired) electrons. The van der Waals surface area contributed by atoms with E-state index in [1.54, 1.807) is 29.8 Å². The van der Waals surface area contributed by atoms with E-state index >= 15 is 0 Å². The van der Waals surface area contributed by atoms with Crippen LogP contribution < -0.4 is 0 Å². The summed E-state index contributed by atoms with van der Waals surface area (Å²) in [5.74, 6) is 1.92. The fourth-order valence-electron chi connectivity index (χ4n) is 1.89. The quantitative estimate of drug-likeness (QED) is 0.810. The van der Waals surface area contributed by atoms with Gasteiger partial charge >= 0.3 is 0 Å². The van der Waals surface area contributed by atoms with Gasteiger partial charge in [0.15, 0.2) is 5.76 Å². The number of hydrogen-bond acceptors (Lipinski definition) is 3. The first-order valence-corrected chi connectivity index (χ1v) is 8.15. The Bertz CT molecular complexity index is 604. The first-order valence-electron chi connectivity index (χ1n) is 6.75. The Morgan fingerprint density at radius 2 is 2.00 bits per heavy atom. The summed E-state index contributed by atoms with van der Waals surface area (Å²) in [6.07, 6.45) is 5.98. The van der Waals surface area contributed by atoms with Gasteiger partial charge in [0.2, 0.25) is 0 Å². The van der Waals surface area contributed by atoms with Crippen LogP contribution in [0, 0.1) is 0 Å². The van der Waals surface area contributed by atoms with Crippen molar-refractivity contribution in [3.8, 4) is 0 Å². The predicted octanol–water partition coefficient (Wildman–Crippen LogP) is 3.93. The van der Waals surface area contributed by atoms with Gasteiger partial charge in [-0.25, -0.2) is 0 Å². The van der Waals surface area contributed by atoms with Crippen LogP contribution in [0.5, 0.6) is 0 Å². The molecular formula is C17H19NO2S. The van der Waals surface area contributed by atoms with Gasteiger partial charge < -0.3 is 9.32 Å². The molecular weight excluding hydrogens is 282 g/mol. The molecule has 4 heteroatoms. The molecule has 1 aromatic carbocycles. The Balaban J connectivity index is 1.91. The van der Waals surface area contributed by atoms with Gasteiger partial charge in [0.05, 0.1) is 5.75 Å². The van der Waals surface area contributed by atoms with Gasteiger partial charge in [-0.05, 0) is 24.0 Å². The third-order valence-corrected chi connectivity index (χ3v) is 3.57. The highest BCUT2D eigenvalue weighted by molar-refractivity contribution is 7.97. The molecule has 0 spiro atoms. The molecule has 0 N–H and O–H groups in total. The first-order chi connectivity index (χ1) is 10.2. The number of nitrogens with zero attached hydrogens (tertiary/aromatic N) is 1. The summed E-state index contributed by atoms with van der Waals surface area (Å²) in [5.41, 5.74) is 1.12. The van der Waals surface area contributed by atoms with Crippen LogP contribution in [-0.4, -0.2) is 30.7 Å². The van der Waals surface area contributed by atoms with Gasteiger partial charge in [-0.1, -0.05) is 42.5 Å². The van der Waals surface area contributed by atoms with Crippen LogP contribution in [-0.2, 0) is 5.75 Å². The summed E-state index contributed by atoms with van der Waals surface area (Å²) in [5, 5.41) is 0. The molecule has 0 aliphatic rings. The summed E-state index contributed by atoms with van der Waals surface area (Å²) < 4.78 is 5.54. The predicted molar refractivity (Wildman–Crippen MR) is 88.4 cm³/mol. The molecule has 0 bridgehead atoms. The van der Waals surface area contributed by atoms with Gasteiger partial charge in [-0.3, -0.25) is 4.79 Å². The maximum atomic E-state index is 12.2. The van der Waals surface area contributed by atoms with Crippen LogP contribution in [0.4, 0.5) is 0 Å². The van der Waals surface area contributed by atoms with Gasteiger partial charge in [0, 0.05) is 13.6 Å². The zero-order valence-corrected chi connectivity index (χ0v) is 13.1. The second-order valence-corrected chi connectivity index (χ2v) is 5.56. The third kappa shape index (κ3) is 4.53. The standard InChI is InChI=1S/C17H19NO2S/c1-18(12-6-9-14-7-4-3-5-8-14)17(19)16-11-10-15(20-16)13-21-2/h3-11H,12-13H2,1-2H3/b9-6+. The van der Waals surface area contributed by atoms with Crippen molar-refractivity contribution < 1.29 is 9.21 Å². The highest BCUT2D eigenvalue weighted by Crippen LogP contribution is 2.14. The molecule has 1 aromatic heterocycles. The lowest BCUT2D eigenvalue weighted by Crippen LogP contribution is -2.26. The fraction of sp³-hybridized carbons (Fsp3) is 0.235. The number of hydrogen-bond donors (Lipinski definition) is 0. The van der Waals surface area contributed by atoms with Crippen molar-refractivity contribution in [2.45, 2.75) is 5.75 Å². The van der Waals surface area contributed by atoms with Gasteiger partial charge in [-0.15, -0.1) is 0 Å². The first kappa shape index (κ1) is 15.4. The minimum absolute atomic E-state index is 0.0972. The number of furan rings is 1. The van der Waals surface area contributed by atoms with Crippen molar-refractivity contribution in [2.24, 2.45) is 0 Å². The average Bonchev–Trinajstić information content (AvgIpc) is 2.96. The number of carbonyl (C=O) groups is 1. The normalized spacial score (nSPS) is 11.0. The number of carbonyl (C=O) groups excluding carboxylic acids is 1. The molecule has 110 valence electrons. The van der Waals surface area contributed by atoms with E-state index in [-0.39, 0.29) is 5.91 Å². The average molecular weight is 301 g/mol.